The average molecular weight is 262 g/mol. The Kier molecular flexibility index (Phi) is 4.91. The van der Waals surface area contributed by atoms with Crippen LogP contribution in [0.4, 0.5) is 0 Å². The fourth-order valence-electron chi connectivity index (χ4n) is 3.54. The van der Waals surface area contributed by atoms with Crippen LogP contribution in [-0.2, 0) is 0 Å². The summed E-state index contributed by atoms with van der Waals surface area (Å²) in [4.78, 5) is 0. The molecular weight excluding hydrogens is 235 g/mol. The van der Waals surface area contributed by atoms with Crippen LogP contribution in [0.3, 0.4) is 0 Å². The first-order valence-electron chi connectivity index (χ1n) is 7.88. The largest absolute Gasteiger partial charge is 0.488 e. The van der Waals surface area contributed by atoms with Crippen LogP contribution in [0, 0.1) is 17.3 Å². The van der Waals surface area contributed by atoms with Crippen molar-refractivity contribution in [2.75, 3.05) is 0 Å². The van der Waals surface area contributed by atoms with Gasteiger partial charge in [0.15, 0.2) is 0 Å². The first kappa shape index (κ1) is 14.9. The summed E-state index contributed by atoms with van der Waals surface area (Å²) in [7, 11) is -1.30. The Morgan fingerprint density at radius 2 is 2.16 bits per heavy atom. The lowest BCUT2D eigenvalue weighted by atomic mass is 9.74. The van der Waals surface area contributed by atoms with Gasteiger partial charge in [-0.15, -0.1) is 0 Å². The average Bonchev–Trinajstić information content (AvgIpc) is 3.10. The van der Waals surface area contributed by atoms with Crippen LogP contribution in [0.2, 0.25) is 0 Å². The lowest BCUT2D eigenvalue weighted by Crippen LogP contribution is -2.17. The van der Waals surface area contributed by atoms with E-state index in [0.717, 1.165) is 5.92 Å². The molecule has 2 nitrogen and oxygen atoms in total. The molecule has 0 spiro atoms. The molecule has 2 aliphatic rings. The molecule has 0 radical (unpaired) electrons. The van der Waals surface area contributed by atoms with Crippen LogP contribution in [-0.4, -0.2) is 17.2 Å². The van der Waals surface area contributed by atoms with Gasteiger partial charge in [-0.2, -0.15) is 0 Å². The molecule has 3 atom stereocenters. The van der Waals surface area contributed by atoms with Gasteiger partial charge < -0.3 is 10.0 Å². The van der Waals surface area contributed by atoms with E-state index in [1.165, 1.54) is 44.9 Å². The maximum absolute atomic E-state index is 9.17. The summed E-state index contributed by atoms with van der Waals surface area (Å²) in [5.41, 5.74) is 1.04. The Bertz CT molecular complexity index is 362. The molecule has 0 heterocycles. The van der Waals surface area contributed by atoms with Gasteiger partial charge in [-0.25, -0.2) is 0 Å². The fourth-order valence-corrected chi connectivity index (χ4v) is 3.54. The van der Waals surface area contributed by atoms with Crippen molar-refractivity contribution in [3.8, 4) is 0 Å². The summed E-state index contributed by atoms with van der Waals surface area (Å²) in [6, 6.07) is 0. The Hall–Kier alpha value is -0.535. The van der Waals surface area contributed by atoms with Gasteiger partial charge in [0.05, 0.1) is 0 Å². The molecule has 1 fully saturated rings. The highest BCUT2D eigenvalue weighted by Gasteiger charge is 2.51. The van der Waals surface area contributed by atoms with Crippen molar-refractivity contribution >= 4 is 7.12 Å². The SMILES string of the molecule is CCC[C@H](CC)CCCC12C=CC(B(O)O)=CC1C2. The predicted molar refractivity (Wildman–Crippen MR) is 80.5 cm³/mol. The molecule has 106 valence electrons. The maximum atomic E-state index is 9.17. The van der Waals surface area contributed by atoms with E-state index in [2.05, 4.69) is 26.0 Å². The fraction of sp³-hybridized carbons (Fsp3) is 0.750. The Morgan fingerprint density at radius 3 is 2.74 bits per heavy atom. The van der Waals surface area contributed by atoms with E-state index < -0.39 is 7.12 Å². The Balaban J connectivity index is 1.76. The molecule has 2 N–H and O–H groups in total. The lowest BCUT2D eigenvalue weighted by molar-refractivity contribution is 0.388. The number of allylic oxidation sites excluding steroid dienone is 4. The van der Waals surface area contributed by atoms with E-state index in [9.17, 15) is 10.0 Å². The van der Waals surface area contributed by atoms with Gasteiger partial charge in [0.2, 0.25) is 0 Å². The van der Waals surface area contributed by atoms with Gasteiger partial charge in [0.25, 0.3) is 0 Å². The van der Waals surface area contributed by atoms with Crippen LogP contribution in [0.15, 0.2) is 23.7 Å². The minimum Gasteiger partial charge on any atom is -0.423 e. The normalized spacial score (nSPS) is 29.7. The van der Waals surface area contributed by atoms with Crippen LogP contribution >= 0.6 is 0 Å². The molecular formula is C16H27BO2. The van der Waals surface area contributed by atoms with E-state index in [0.29, 0.717) is 16.8 Å². The van der Waals surface area contributed by atoms with Crippen molar-refractivity contribution in [2.45, 2.75) is 58.8 Å². The van der Waals surface area contributed by atoms with Crippen molar-refractivity contribution in [1.29, 1.82) is 0 Å². The summed E-state index contributed by atoms with van der Waals surface area (Å²) in [6.45, 7) is 4.57. The predicted octanol–water partition coefficient (Wildman–Crippen LogP) is 3.50. The van der Waals surface area contributed by atoms with Crippen molar-refractivity contribution < 1.29 is 10.0 Å². The van der Waals surface area contributed by atoms with E-state index in [4.69, 9.17) is 0 Å². The highest BCUT2D eigenvalue weighted by atomic mass is 16.4. The van der Waals surface area contributed by atoms with Crippen LogP contribution < -0.4 is 0 Å². The first-order valence-corrected chi connectivity index (χ1v) is 7.88. The second kappa shape index (κ2) is 6.28. The van der Waals surface area contributed by atoms with E-state index in [-0.39, 0.29) is 0 Å². The summed E-state index contributed by atoms with van der Waals surface area (Å²) in [5, 5.41) is 18.3. The molecule has 2 unspecified atom stereocenters. The van der Waals surface area contributed by atoms with Crippen LogP contribution in [0.25, 0.3) is 0 Å². The van der Waals surface area contributed by atoms with Gasteiger partial charge in [-0.1, -0.05) is 64.2 Å². The minimum absolute atomic E-state index is 0.364. The van der Waals surface area contributed by atoms with E-state index in [1.54, 1.807) is 0 Å². The molecule has 0 bridgehead atoms. The van der Waals surface area contributed by atoms with Gasteiger partial charge in [0, 0.05) is 0 Å². The van der Waals surface area contributed by atoms with Crippen LogP contribution in [0.1, 0.15) is 58.8 Å². The highest BCUT2D eigenvalue weighted by Crippen LogP contribution is 2.60. The molecule has 3 heteroatoms. The standard InChI is InChI=1S/C16H27BO2/c1-3-6-13(4-2)7-5-9-16-10-8-15(17(18)19)11-14(16)12-16/h8,10-11,13-14,18-19H,3-7,9,12H2,1-2H3/t13-,14?,16?/m0/s1. The molecule has 19 heavy (non-hydrogen) atoms. The summed E-state index contributed by atoms with van der Waals surface area (Å²) >= 11 is 0. The first-order chi connectivity index (χ1) is 9.11. The molecule has 0 aromatic carbocycles. The van der Waals surface area contributed by atoms with Crippen molar-refractivity contribution in [2.24, 2.45) is 17.3 Å². The third-order valence-electron chi connectivity index (χ3n) is 5.01. The van der Waals surface area contributed by atoms with E-state index in [1.807, 2.05) is 6.08 Å². The second-order valence-electron chi connectivity index (χ2n) is 6.37. The Labute approximate surface area is 117 Å². The minimum atomic E-state index is -1.30. The zero-order valence-electron chi connectivity index (χ0n) is 12.3. The third-order valence-corrected chi connectivity index (χ3v) is 5.01. The number of rotatable bonds is 8. The monoisotopic (exact) mass is 262 g/mol. The zero-order valence-corrected chi connectivity index (χ0v) is 12.3. The van der Waals surface area contributed by atoms with Crippen molar-refractivity contribution in [3.63, 3.8) is 0 Å². The number of hydrogen-bond donors (Lipinski definition) is 2. The number of hydrogen-bond acceptors (Lipinski definition) is 2. The third kappa shape index (κ3) is 3.52. The summed E-state index contributed by atoms with van der Waals surface area (Å²) < 4.78 is 0. The molecule has 0 aromatic rings. The lowest BCUT2D eigenvalue weighted by Gasteiger charge is -2.18. The van der Waals surface area contributed by atoms with Crippen LogP contribution in [0.5, 0.6) is 0 Å². The maximum Gasteiger partial charge on any atom is 0.488 e. The van der Waals surface area contributed by atoms with Gasteiger partial charge in [0.1, 0.15) is 0 Å². The second-order valence-corrected chi connectivity index (χ2v) is 6.37. The molecule has 0 saturated heterocycles. The van der Waals surface area contributed by atoms with Crippen molar-refractivity contribution in [1.82, 2.24) is 0 Å². The quantitative estimate of drug-likeness (QED) is 0.657. The topological polar surface area (TPSA) is 40.5 Å². The van der Waals surface area contributed by atoms with Gasteiger partial charge in [-0.05, 0) is 35.6 Å². The zero-order chi connectivity index (χ0) is 13.9. The molecule has 0 amide bonds. The summed E-state index contributed by atoms with van der Waals surface area (Å²) in [5.74, 6) is 1.46. The molecule has 2 aliphatic carbocycles. The van der Waals surface area contributed by atoms with Gasteiger partial charge in [-0.3, -0.25) is 0 Å². The highest BCUT2D eigenvalue weighted by molar-refractivity contribution is 6.51. The van der Waals surface area contributed by atoms with E-state index >= 15 is 0 Å². The molecule has 0 aromatic heterocycles. The molecule has 0 aliphatic heterocycles. The summed E-state index contributed by atoms with van der Waals surface area (Å²) in [6.07, 6.45) is 15.3. The van der Waals surface area contributed by atoms with Gasteiger partial charge >= 0.3 is 7.12 Å². The number of fused-ring (bicyclic) bond motifs is 1. The smallest absolute Gasteiger partial charge is 0.423 e. The Morgan fingerprint density at radius 1 is 1.37 bits per heavy atom. The molecule has 1 saturated carbocycles. The molecule has 2 rings (SSSR count). The van der Waals surface area contributed by atoms with Crippen molar-refractivity contribution in [3.05, 3.63) is 23.7 Å².